The fourth-order valence-electron chi connectivity index (χ4n) is 7.73. The van der Waals surface area contributed by atoms with Crippen LogP contribution in [0.5, 0.6) is 0 Å². The summed E-state index contributed by atoms with van der Waals surface area (Å²) < 4.78 is 6.90. The number of likely N-dealkylation sites (tertiary alicyclic amines) is 1. The predicted molar refractivity (Wildman–Crippen MR) is 164 cm³/mol. The maximum absolute atomic E-state index is 14.8. The molecule has 3 amide bonds. The van der Waals surface area contributed by atoms with Crippen molar-refractivity contribution in [3.63, 3.8) is 0 Å². The molecule has 5 rings (SSSR count). The number of benzene rings is 2. The molecule has 8 heteroatoms. The first kappa shape index (κ1) is 30.0. The Labute approximate surface area is 248 Å². The monoisotopic (exact) mass is 573 g/mol. The van der Waals surface area contributed by atoms with Crippen molar-refractivity contribution in [2.75, 3.05) is 37.7 Å². The van der Waals surface area contributed by atoms with E-state index in [1.54, 1.807) is 26.9 Å². The topological polar surface area (TPSA) is 90.4 Å². The molecule has 224 valence electrons. The molecule has 2 bridgehead atoms. The number of aliphatic hydroxyl groups excluding tert-OH is 1. The van der Waals surface area contributed by atoms with Crippen molar-refractivity contribution in [1.82, 2.24) is 9.80 Å². The lowest BCUT2D eigenvalue weighted by atomic mass is 9.62. The lowest BCUT2D eigenvalue weighted by Gasteiger charge is -2.39. The van der Waals surface area contributed by atoms with Crippen molar-refractivity contribution < 1.29 is 24.2 Å². The fraction of sp³-hybridized carbons (Fsp3) is 0.500. The molecule has 2 aromatic carbocycles. The predicted octanol–water partition coefficient (Wildman–Crippen LogP) is 4.18. The second-order valence-corrected chi connectivity index (χ2v) is 12.2. The molecular formula is C34H43N3O5. The Kier molecular flexibility index (Phi) is 8.32. The summed E-state index contributed by atoms with van der Waals surface area (Å²) in [5.41, 5.74) is -1.34. The van der Waals surface area contributed by atoms with E-state index < -0.39 is 29.1 Å². The number of hydrogen-bond acceptors (Lipinski definition) is 5. The van der Waals surface area contributed by atoms with Gasteiger partial charge >= 0.3 is 0 Å². The minimum Gasteiger partial charge on any atom is -0.396 e. The van der Waals surface area contributed by atoms with Gasteiger partial charge < -0.3 is 24.5 Å². The molecule has 3 unspecified atom stereocenters. The Morgan fingerprint density at radius 1 is 1.12 bits per heavy atom. The minimum atomic E-state index is -1.15. The third-order valence-electron chi connectivity index (χ3n) is 9.65. The summed E-state index contributed by atoms with van der Waals surface area (Å²) >= 11 is 0. The minimum absolute atomic E-state index is 0.0516. The number of amides is 3. The van der Waals surface area contributed by atoms with Crippen LogP contribution in [0.1, 0.15) is 40.0 Å². The van der Waals surface area contributed by atoms with E-state index in [4.69, 9.17) is 4.74 Å². The highest BCUT2D eigenvalue weighted by Crippen LogP contribution is 2.65. The van der Waals surface area contributed by atoms with Gasteiger partial charge in [-0.2, -0.15) is 0 Å². The SMILES string of the molecule is C=CCN(CCC)C(=O)[C@@H]1[C@H]2C(=O)N(CCCO)C(C(=O)N(CC=C)c3ccc4ccccc4c3)C23CC(C)[C@@]1(C)O3. The maximum atomic E-state index is 14.8. The van der Waals surface area contributed by atoms with Crippen LogP contribution in [-0.4, -0.2) is 82.7 Å². The van der Waals surface area contributed by atoms with Crippen LogP contribution in [-0.2, 0) is 19.1 Å². The molecule has 1 N–H and O–H groups in total. The Balaban J connectivity index is 1.61. The number of fused-ring (bicyclic) bond motifs is 2. The number of anilines is 1. The molecule has 0 aliphatic carbocycles. The quantitative estimate of drug-likeness (QED) is 0.385. The molecule has 3 fully saturated rings. The normalized spacial score (nSPS) is 29.5. The standard InChI is InChI=1S/C34H43N3O5/c1-6-16-35(17-7-2)30(39)27-28-31(40)37(19-11-20-38)29(34(28)22-23(4)33(27,5)42-34)32(41)36(18-8-3)26-15-14-24-12-9-10-13-25(24)21-26/h6,8-10,12-15,21,23,27-29,38H,1,3,7,11,16-20,22H2,2,4-5H3/t23?,27-,28-,29?,33+,34?/m0/s1. The molecule has 3 heterocycles. The van der Waals surface area contributed by atoms with Crippen LogP contribution in [0.3, 0.4) is 0 Å². The Morgan fingerprint density at radius 3 is 2.50 bits per heavy atom. The maximum Gasteiger partial charge on any atom is 0.253 e. The second-order valence-electron chi connectivity index (χ2n) is 12.2. The number of aliphatic hydroxyl groups is 1. The lowest BCUT2D eigenvalue weighted by molar-refractivity contribution is -0.151. The first-order valence-corrected chi connectivity index (χ1v) is 15.1. The first-order chi connectivity index (χ1) is 20.2. The van der Waals surface area contributed by atoms with E-state index in [0.29, 0.717) is 31.6 Å². The van der Waals surface area contributed by atoms with Crippen molar-refractivity contribution in [3.8, 4) is 0 Å². The highest BCUT2D eigenvalue weighted by atomic mass is 16.5. The summed E-state index contributed by atoms with van der Waals surface area (Å²) in [6.45, 7) is 15.0. The summed E-state index contributed by atoms with van der Waals surface area (Å²) in [5.74, 6) is -2.20. The molecule has 0 radical (unpaired) electrons. The number of nitrogens with zero attached hydrogens (tertiary/aromatic N) is 3. The van der Waals surface area contributed by atoms with Crippen molar-refractivity contribution in [2.45, 2.75) is 57.3 Å². The third kappa shape index (κ3) is 4.56. The molecule has 6 atom stereocenters. The van der Waals surface area contributed by atoms with Crippen molar-refractivity contribution >= 4 is 34.2 Å². The van der Waals surface area contributed by atoms with Crippen molar-refractivity contribution in [3.05, 3.63) is 67.8 Å². The van der Waals surface area contributed by atoms with Gasteiger partial charge in [-0.3, -0.25) is 14.4 Å². The molecular weight excluding hydrogens is 530 g/mol. The van der Waals surface area contributed by atoms with Crippen LogP contribution in [0.2, 0.25) is 0 Å². The average molecular weight is 574 g/mol. The van der Waals surface area contributed by atoms with E-state index in [0.717, 1.165) is 17.2 Å². The summed E-state index contributed by atoms with van der Waals surface area (Å²) in [6.07, 6.45) is 4.97. The van der Waals surface area contributed by atoms with E-state index in [-0.39, 0.29) is 43.3 Å². The van der Waals surface area contributed by atoms with Gasteiger partial charge in [0, 0.05) is 38.5 Å². The summed E-state index contributed by atoms with van der Waals surface area (Å²) in [5, 5.41) is 11.8. The first-order valence-electron chi connectivity index (χ1n) is 15.1. The Bertz CT molecular complexity index is 1390. The summed E-state index contributed by atoms with van der Waals surface area (Å²) in [6, 6.07) is 12.9. The molecule has 2 aromatic rings. The van der Waals surface area contributed by atoms with Gasteiger partial charge in [-0.25, -0.2) is 0 Å². The van der Waals surface area contributed by atoms with E-state index in [9.17, 15) is 19.5 Å². The fourth-order valence-corrected chi connectivity index (χ4v) is 7.73. The zero-order valence-electron chi connectivity index (χ0n) is 25.0. The van der Waals surface area contributed by atoms with Crippen LogP contribution in [0.4, 0.5) is 5.69 Å². The lowest BCUT2D eigenvalue weighted by Crippen LogP contribution is -2.57. The smallest absolute Gasteiger partial charge is 0.253 e. The Morgan fingerprint density at radius 2 is 1.83 bits per heavy atom. The summed E-state index contributed by atoms with van der Waals surface area (Å²) in [7, 11) is 0. The number of hydrogen-bond donors (Lipinski definition) is 1. The highest BCUT2D eigenvalue weighted by Gasteiger charge is 2.80. The van der Waals surface area contributed by atoms with E-state index >= 15 is 0 Å². The summed E-state index contributed by atoms with van der Waals surface area (Å²) in [4.78, 5) is 48.4. The molecule has 42 heavy (non-hydrogen) atoms. The van der Waals surface area contributed by atoms with Crippen LogP contribution in [0.25, 0.3) is 10.8 Å². The number of carbonyl (C=O) groups is 3. The van der Waals surface area contributed by atoms with Gasteiger partial charge in [0.25, 0.3) is 5.91 Å². The molecule has 8 nitrogen and oxygen atoms in total. The van der Waals surface area contributed by atoms with Crippen LogP contribution in [0.15, 0.2) is 67.8 Å². The third-order valence-corrected chi connectivity index (χ3v) is 9.65. The number of ether oxygens (including phenoxy) is 1. The molecule has 0 saturated carbocycles. The largest absolute Gasteiger partial charge is 0.396 e. The van der Waals surface area contributed by atoms with E-state index in [1.807, 2.05) is 56.3 Å². The van der Waals surface area contributed by atoms with E-state index in [1.165, 1.54) is 0 Å². The van der Waals surface area contributed by atoms with Gasteiger partial charge in [0.2, 0.25) is 11.8 Å². The van der Waals surface area contributed by atoms with Crippen molar-refractivity contribution in [2.24, 2.45) is 17.8 Å². The zero-order chi connectivity index (χ0) is 30.2. The van der Waals surface area contributed by atoms with Gasteiger partial charge in [0.15, 0.2) is 0 Å². The Hall–Kier alpha value is -3.49. The van der Waals surface area contributed by atoms with Gasteiger partial charge in [-0.1, -0.05) is 56.3 Å². The molecule has 3 aliphatic rings. The average Bonchev–Trinajstić information content (AvgIpc) is 3.49. The number of rotatable bonds is 12. The molecule has 3 saturated heterocycles. The van der Waals surface area contributed by atoms with Gasteiger partial charge in [0.05, 0.1) is 17.4 Å². The molecule has 1 spiro atoms. The second kappa shape index (κ2) is 11.7. The van der Waals surface area contributed by atoms with Crippen LogP contribution < -0.4 is 4.90 Å². The van der Waals surface area contributed by atoms with Gasteiger partial charge in [-0.05, 0) is 55.0 Å². The van der Waals surface area contributed by atoms with Crippen molar-refractivity contribution in [1.29, 1.82) is 0 Å². The van der Waals surface area contributed by atoms with Gasteiger partial charge in [-0.15, -0.1) is 13.2 Å². The number of carbonyl (C=O) groups excluding carboxylic acids is 3. The molecule has 0 aromatic heterocycles. The van der Waals surface area contributed by atoms with Gasteiger partial charge in [0.1, 0.15) is 11.6 Å². The zero-order valence-corrected chi connectivity index (χ0v) is 25.0. The van der Waals surface area contributed by atoms with Crippen LogP contribution in [0, 0.1) is 17.8 Å². The van der Waals surface area contributed by atoms with E-state index in [2.05, 4.69) is 20.1 Å². The van der Waals surface area contributed by atoms with Crippen LogP contribution >= 0.6 is 0 Å². The molecule has 3 aliphatic heterocycles. The highest BCUT2D eigenvalue weighted by molar-refractivity contribution is 6.06.